The molecule has 0 radical (unpaired) electrons. The van der Waals surface area contributed by atoms with Gasteiger partial charge in [0.1, 0.15) is 5.75 Å². The summed E-state index contributed by atoms with van der Waals surface area (Å²) in [7, 11) is -3.62. The first kappa shape index (κ1) is 11.5. The van der Waals surface area contributed by atoms with Gasteiger partial charge in [-0.25, -0.2) is 8.42 Å². The summed E-state index contributed by atoms with van der Waals surface area (Å²) in [6.07, 6.45) is 0. The second-order valence-corrected chi connectivity index (χ2v) is 5.42. The van der Waals surface area contributed by atoms with Gasteiger partial charge >= 0.3 is 0 Å². The average molecular weight is 249 g/mol. The number of benzene rings is 2. The largest absolute Gasteiger partial charge is 0.872 e. The molecule has 0 aliphatic carbocycles. The maximum absolute atomic E-state index is 12.1. The third-order valence-corrected chi connectivity index (χ3v) is 4.07. The highest BCUT2D eigenvalue weighted by molar-refractivity contribution is 7.91. The number of rotatable bonds is 2. The summed E-state index contributed by atoms with van der Waals surface area (Å²) in [5, 5.41) is 20.0. The molecule has 0 saturated carbocycles. The van der Waals surface area contributed by atoms with Crippen LogP contribution < -0.4 is 5.11 Å². The Balaban J connectivity index is 2.50. The van der Waals surface area contributed by atoms with E-state index in [0.717, 1.165) is 0 Å². The van der Waals surface area contributed by atoms with Gasteiger partial charge in [-0.1, -0.05) is 12.1 Å². The Hall–Kier alpha value is -2.01. The van der Waals surface area contributed by atoms with Crippen LogP contribution in [0.3, 0.4) is 0 Å². The minimum atomic E-state index is -3.62. The summed E-state index contributed by atoms with van der Waals surface area (Å²) in [5.41, 5.74) is 0. The van der Waals surface area contributed by atoms with Crippen LogP contribution in [0.15, 0.2) is 58.3 Å². The molecule has 0 amide bonds. The van der Waals surface area contributed by atoms with Crippen LogP contribution >= 0.6 is 0 Å². The molecule has 0 heterocycles. The fourth-order valence-electron chi connectivity index (χ4n) is 1.38. The van der Waals surface area contributed by atoms with Crippen LogP contribution in [0.2, 0.25) is 0 Å². The van der Waals surface area contributed by atoms with Gasteiger partial charge < -0.3 is 10.2 Å². The molecule has 0 spiro atoms. The second-order valence-electron chi connectivity index (χ2n) is 3.47. The highest BCUT2D eigenvalue weighted by Gasteiger charge is 2.16. The number of hydrogen-bond acceptors (Lipinski definition) is 4. The van der Waals surface area contributed by atoms with Crippen molar-refractivity contribution in [2.75, 3.05) is 0 Å². The molecule has 88 valence electrons. The Bertz CT molecular complexity index is 561. The van der Waals surface area contributed by atoms with E-state index in [4.69, 9.17) is 5.11 Å². The summed E-state index contributed by atoms with van der Waals surface area (Å²) in [4.78, 5) is 0.136. The lowest BCUT2D eigenvalue weighted by molar-refractivity contribution is -0.268. The Labute approximate surface area is 98.7 Å². The van der Waals surface area contributed by atoms with E-state index in [-0.39, 0.29) is 21.3 Å². The van der Waals surface area contributed by atoms with Crippen LogP contribution in [-0.2, 0) is 9.84 Å². The van der Waals surface area contributed by atoms with E-state index in [2.05, 4.69) is 0 Å². The van der Waals surface area contributed by atoms with Crippen LogP contribution in [0.5, 0.6) is 11.5 Å². The Morgan fingerprint density at radius 2 is 1.24 bits per heavy atom. The lowest BCUT2D eigenvalue weighted by atomic mass is 10.3. The Kier molecular flexibility index (Phi) is 2.77. The molecule has 0 bridgehead atoms. The SMILES string of the molecule is O=S(=O)(c1ccc([O-])cc1)c1ccc(O)cc1. The highest BCUT2D eigenvalue weighted by Crippen LogP contribution is 2.23. The molecule has 1 N–H and O–H groups in total. The zero-order valence-electron chi connectivity index (χ0n) is 8.70. The highest BCUT2D eigenvalue weighted by atomic mass is 32.2. The second kappa shape index (κ2) is 4.10. The van der Waals surface area contributed by atoms with E-state index in [1.54, 1.807) is 0 Å². The fourth-order valence-corrected chi connectivity index (χ4v) is 2.64. The summed E-state index contributed by atoms with van der Waals surface area (Å²) in [6.45, 7) is 0. The molecule has 2 aromatic rings. The molecule has 0 fully saturated rings. The summed E-state index contributed by atoms with van der Waals surface area (Å²) in [5.74, 6) is -0.242. The van der Waals surface area contributed by atoms with Gasteiger partial charge in [0.25, 0.3) is 0 Å². The first-order chi connectivity index (χ1) is 8.00. The van der Waals surface area contributed by atoms with Crippen LogP contribution in [-0.4, -0.2) is 13.5 Å². The van der Waals surface area contributed by atoms with Crippen LogP contribution in [0, 0.1) is 0 Å². The van der Waals surface area contributed by atoms with E-state index in [9.17, 15) is 13.5 Å². The van der Waals surface area contributed by atoms with E-state index < -0.39 is 9.84 Å². The first-order valence-electron chi connectivity index (χ1n) is 4.81. The van der Waals surface area contributed by atoms with Gasteiger partial charge in [0.15, 0.2) is 0 Å². The lowest BCUT2D eigenvalue weighted by Gasteiger charge is -2.07. The third kappa shape index (κ3) is 2.24. The van der Waals surface area contributed by atoms with Crippen molar-refractivity contribution in [1.29, 1.82) is 0 Å². The third-order valence-electron chi connectivity index (χ3n) is 2.28. The predicted octanol–water partition coefficient (Wildman–Crippen LogP) is 1.30. The topological polar surface area (TPSA) is 77.4 Å². The summed E-state index contributed by atoms with van der Waals surface area (Å²) in [6, 6.07) is 10.2. The van der Waals surface area contributed by atoms with Crippen molar-refractivity contribution in [3.05, 3.63) is 48.5 Å². The summed E-state index contributed by atoms with van der Waals surface area (Å²) < 4.78 is 24.1. The van der Waals surface area contributed by atoms with Gasteiger partial charge in [-0.15, -0.1) is 5.75 Å². The van der Waals surface area contributed by atoms with Crippen molar-refractivity contribution in [2.24, 2.45) is 0 Å². The molecule has 0 atom stereocenters. The van der Waals surface area contributed by atoms with Crippen LogP contribution in [0.4, 0.5) is 0 Å². The molecule has 4 nitrogen and oxygen atoms in total. The Morgan fingerprint density at radius 1 is 0.824 bits per heavy atom. The van der Waals surface area contributed by atoms with Crippen molar-refractivity contribution in [2.45, 2.75) is 9.79 Å². The Morgan fingerprint density at radius 3 is 1.71 bits per heavy atom. The molecular formula is C12H9O4S-. The van der Waals surface area contributed by atoms with Gasteiger partial charge in [-0.05, 0) is 36.4 Å². The maximum Gasteiger partial charge on any atom is 0.206 e. The number of sulfone groups is 1. The predicted molar refractivity (Wildman–Crippen MR) is 59.4 cm³/mol. The molecule has 0 unspecified atom stereocenters. The van der Waals surface area contributed by atoms with Crippen molar-refractivity contribution >= 4 is 9.84 Å². The standard InChI is InChI=1S/C12H10O4S/c13-9-1-5-11(6-2-9)17(15,16)12-7-3-10(14)4-8-12/h1-8,13-14H/p-1. The molecule has 0 saturated heterocycles. The number of aromatic hydroxyl groups is 1. The minimum Gasteiger partial charge on any atom is -0.872 e. The molecule has 0 aromatic heterocycles. The summed E-state index contributed by atoms with van der Waals surface area (Å²) >= 11 is 0. The van der Waals surface area contributed by atoms with E-state index in [0.29, 0.717) is 0 Å². The molecule has 17 heavy (non-hydrogen) atoms. The average Bonchev–Trinajstić information content (AvgIpc) is 2.30. The van der Waals surface area contributed by atoms with E-state index in [1.807, 2.05) is 0 Å². The zero-order chi connectivity index (χ0) is 12.5. The van der Waals surface area contributed by atoms with Crippen LogP contribution in [0.25, 0.3) is 0 Å². The monoisotopic (exact) mass is 249 g/mol. The van der Waals surface area contributed by atoms with Gasteiger partial charge in [-0.2, -0.15) is 0 Å². The fraction of sp³-hybridized carbons (Fsp3) is 0. The lowest BCUT2D eigenvalue weighted by Crippen LogP contribution is -2.02. The molecule has 2 aromatic carbocycles. The van der Waals surface area contributed by atoms with Crippen molar-refractivity contribution in [3.63, 3.8) is 0 Å². The minimum absolute atomic E-state index is 0.00106. The van der Waals surface area contributed by atoms with E-state index >= 15 is 0 Å². The molecule has 0 aliphatic heterocycles. The number of phenols is 1. The van der Waals surface area contributed by atoms with Gasteiger partial charge in [0.05, 0.1) is 9.79 Å². The zero-order valence-corrected chi connectivity index (χ0v) is 9.52. The van der Waals surface area contributed by atoms with Gasteiger partial charge in [0, 0.05) is 0 Å². The van der Waals surface area contributed by atoms with Crippen molar-refractivity contribution in [3.8, 4) is 11.5 Å². The first-order valence-corrected chi connectivity index (χ1v) is 6.30. The van der Waals surface area contributed by atoms with E-state index in [1.165, 1.54) is 48.5 Å². The number of phenolic OH excluding ortho intramolecular Hbond substituents is 1. The van der Waals surface area contributed by atoms with Crippen molar-refractivity contribution < 1.29 is 18.6 Å². The van der Waals surface area contributed by atoms with Crippen molar-refractivity contribution in [1.82, 2.24) is 0 Å². The molecule has 0 aliphatic rings. The van der Waals surface area contributed by atoms with Crippen LogP contribution in [0.1, 0.15) is 0 Å². The quantitative estimate of drug-likeness (QED) is 0.870. The smallest absolute Gasteiger partial charge is 0.206 e. The normalized spacial score (nSPS) is 11.3. The molecule has 2 rings (SSSR count). The molecular weight excluding hydrogens is 240 g/mol. The van der Waals surface area contributed by atoms with Gasteiger partial charge in [-0.3, -0.25) is 0 Å². The molecule has 5 heteroatoms. The van der Waals surface area contributed by atoms with Gasteiger partial charge in [0.2, 0.25) is 9.84 Å². The maximum atomic E-state index is 12.1. The number of hydrogen-bond donors (Lipinski definition) is 1.